The van der Waals surface area contributed by atoms with Crippen molar-refractivity contribution in [2.45, 2.75) is 20.8 Å². The predicted molar refractivity (Wildman–Crippen MR) is 54.4 cm³/mol. The summed E-state index contributed by atoms with van der Waals surface area (Å²) in [5.41, 5.74) is 3.81. The van der Waals surface area contributed by atoms with Gasteiger partial charge in [0.2, 0.25) is 0 Å². The van der Waals surface area contributed by atoms with Crippen LogP contribution in [0.4, 0.5) is 0 Å². The second-order valence-corrected chi connectivity index (χ2v) is 4.86. The smallest absolute Gasteiger partial charge is 0.0603 e. The molecule has 0 aromatic carbocycles. The highest BCUT2D eigenvalue weighted by molar-refractivity contribution is 4.82. The average molecular weight is 186 g/mol. The first-order chi connectivity index (χ1) is 6.04. The number of rotatable bonds is 3. The molecule has 1 N–H and O–H groups in total. The van der Waals surface area contributed by atoms with Crippen molar-refractivity contribution in [3.63, 3.8) is 0 Å². The Balaban J connectivity index is 2.28. The summed E-state index contributed by atoms with van der Waals surface area (Å²) in [6.07, 6.45) is 0. The molecule has 13 heavy (non-hydrogen) atoms. The van der Waals surface area contributed by atoms with E-state index in [-0.39, 0.29) is 0 Å². The van der Waals surface area contributed by atoms with Crippen molar-refractivity contribution >= 4 is 0 Å². The number of hydrazine groups is 1. The van der Waals surface area contributed by atoms with Gasteiger partial charge in [-0.25, -0.2) is 5.01 Å². The molecule has 3 nitrogen and oxygen atoms in total. The summed E-state index contributed by atoms with van der Waals surface area (Å²) in [6.45, 7) is 11.0. The minimum Gasteiger partial charge on any atom is -0.383 e. The lowest BCUT2D eigenvalue weighted by Gasteiger charge is -2.25. The molecule has 0 radical (unpaired) electrons. The van der Waals surface area contributed by atoms with E-state index >= 15 is 0 Å². The van der Waals surface area contributed by atoms with Gasteiger partial charge in [0, 0.05) is 26.7 Å². The number of methoxy groups -OCH3 is 1. The second kappa shape index (κ2) is 4.40. The number of hydrogen-bond donors (Lipinski definition) is 1. The lowest BCUT2D eigenvalue weighted by Crippen LogP contribution is -2.33. The van der Waals surface area contributed by atoms with E-state index in [0.29, 0.717) is 5.41 Å². The average Bonchev–Trinajstić information content (AvgIpc) is 2.47. The van der Waals surface area contributed by atoms with Crippen LogP contribution >= 0.6 is 0 Å². The van der Waals surface area contributed by atoms with Crippen LogP contribution in [0.15, 0.2) is 0 Å². The van der Waals surface area contributed by atoms with Gasteiger partial charge in [-0.1, -0.05) is 20.8 Å². The van der Waals surface area contributed by atoms with Crippen molar-refractivity contribution in [2.24, 2.45) is 11.3 Å². The van der Waals surface area contributed by atoms with Gasteiger partial charge in [0.25, 0.3) is 0 Å². The van der Waals surface area contributed by atoms with Crippen LogP contribution in [0.2, 0.25) is 0 Å². The lowest BCUT2D eigenvalue weighted by molar-refractivity contribution is 0.132. The van der Waals surface area contributed by atoms with Gasteiger partial charge in [-0.05, 0) is 11.3 Å². The fourth-order valence-electron chi connectivity index (χ4n) is 1.59. The van der Waals surface area contributed by atoms with Gasteiger partial charge < -0.3 is 4.74 Å². The van der Waals surface area contributed by atoms with Gasteiger partial charge in [-0.15, -0.1) is 0 Å². The van der Waals surface area contributed by atoms with Crippen LogP contribution in [0.5, 0.6) is 0 Å². The van der Waals surface area contributed by atoms with Crippen molar-refractivity contribution in [2.75, 3.05) is 33.4 Å². The van der Waals surface area contributed by atoms with Crippen LogP contribution in [-0.4, -0.2) is 38.4 Å². The molecular formula is C10H22N2O. The summed E-state index contributed by atoms with van der Waals surface area (Å²) in [7, 11) is 1.75. The zero-order valence-electron chi connectivity index (χ0n) is 9.26. The fraction of sp³-hybridized carbons (Fsp3) is 1.00. The molecule has 3 heteroatoms. The lowest BCUT2D eigenvalue weighted by atomic mass is 9.81. The first-order valence-corrected chi connectivity index (χ1v) is 5.01. The van der Waals surface area contributed by atoms with Gasteiger partial charge >= 0.3 is 0 Å². The van der Waals surface area contributed by atoms with E-state index in [1.807, 2.05) is 0 Å². The summed E-state index contributed by atoms with van der Waals surface area (Å²) in [5.74, 6) is 0.754. The molecule has 1 fully saturated rings. The number of ether oxygens (including phenoxy) is 1. The molecule has 0 saturated carbocycles. The molecule has 1 rings (SSSR count). The Labute approximate surface area is 81.4 Å². The molecule has 0 amide bonds. The molecule has 1 saturated heterocycles. The van der Waals surface area contributed by atoms with Crippen LogP contribution in [0.25, 0.3) is 0 Å². The van der Waals surface area contributed by atoms with Crippen molar-refractivity contribution in [3.8, 4) is 0 Å². The molecule has 1 aliphatic rings. The summed E-state index contributed by atoms with van der Waals surface area (Å²) in [5, 5.41) is 2.26. The van der Waals surface area contributed by atoms with Crippen LogP contribution in [0, 0.1) is 11.3 Å². The third-order valence-electron chi connectivity index (χ3n) is 2.79. The normalized spacial score (nSPS) is 25.4. The van der Waals surface area contributed by atoms with Crippen LogP contribution in [-0.2, 0) is 4.74 Å². The molecule has 0 bridgehead atoms. The van der Waals surface area contributed by atoms with Gasteiger partial charge in [0.15, 0.2) is 0 Å². The monoisotopic (exact) mass is 186 g/mol. The number of nitrogens with zero attached hydrogens (tertiary/aromatic N) is 1. The SMILES string of the molecule is COCCN1CC(C(C)(C)C)CN1. The van der Waals surface area contributed by atoms with Crippen molar-refractivity contribution in [1.82, 2.24) is 10.4 Å². The molecule has 1 aliphatic heterocycles. The molecule has 0 aliphatic carbocycles. The molecule has 1 unspecified atom stereocenters. The number of hydrogen-bond acceptors (Lipinski definition) is 3. The zero-order chi connectivity index (χ0) is 9.90. The minimum absolute atomic E-state index is 0.412. The third kappa shape index (κ3) is 3.25. The Morgan fingerprint density at radius 1 is 1.46 bits per heavy atom. The van der Waals surface area contributed by atoms with Gasteiger partial charge in [0.1, 0.15) is 0 Å². The van der Waals surface area contributed by atoms with E-state index in [1.165, 1.54) is 0 Å². The molecule has 0 spiro atoms. The molecular weight excluding hydrogens is 164 g/mol. The van der Waals surface area contributed by atoms with Gasteiger partial charge in [0.05, 0.1) is 6.61 Å². The van der Waals surface area contributed by atoms with Crippen molar-refractivity contribution in [3.05, 3.63) is 0 Å². The van der Waals surface area contributed by atoms with E-state index in [9.17, 15) is 0 Å². The van der Waals surface area contributed by atoms with Crippen molar-refractivity contribution in [1.29, 1.82) is 0 Å². The van der Waals surface area contributed by atoms with Gasteiger partial charge in [-0.2, -0.15) is 0 Å². The first-order valence-electron chi connectivity index (χ1n) is 5.01. The predicted octanol–water partition coefficient (Wildman–Crippen LogP) is 1.12. The highest BCUT2D eigenvalue weighted by Crippen LogP contribution is 2.28. The van der Waals surface area contributed by atoms with E-state index in [1.54, 1.807) is 7.11 Å². The fourth-order valence-corrected chi connectivity index (χ4v) is 1.59. The van der Waals surface area contributed by atoms with E-state index < -0.39 is 0 Å². The van der Waals surface area contributed by atoms with Crippen molar-refractivity contribution < 1.29 is 4.74 Å². The van der Waals surface area contributed by atoms with Gasteiger partial charge in [-0.3, -0.25) is 5.43 Å². The van der Waals surface area contributed by atoms with E-state index in [2.05, 4.69) is 31.2 Å². The zero-order valence-corrected chi connectivity index (χ0v) is 9.26. The molecule has 0 aromatic heterocycles. The highest BCUT2D eigenvalue weighted by atomic mass is 16.5. The molecule has 1 heterocycles. The standard InChI is InChI=1S/C10H22N2O/c1-10(2,3)9-7-11-12(8-9)5-6-13-4/h9,11H,5-8H2,1-4H3. The summed E-state index contributed by atoms with van der Waals surface area (Å²) in [4.78, 5) is 0. The van der Waals surface area contributed by atoms with Crippen LogP contribution in [0.1, 0.15) is 20.8 Å². The maximum atomic E-state index is 5.04. The molecule has 78 valence electrons. The second-order valence-electron chi connectivity index (χ2n) is 4.86. The van der Waals surface area contributed by atoms with Crippen LogP contribution < -0.4 is 5.43 Å². The number of nitrogens with one attached hydrogen (secondary N) is 1. The Morgan fingerprint density at radius 2 is 2.15 bits per heavy atom. The van der Waals surface area contributed by atoms with Crippen LogP contribution in [0.3, 0.4) is 0 Å². The van der Waals surface area contributed by atoms with E-state index in [4.69, 9.17) is 4.74 Å². The highest BCUT2D eigenvalue weighted by Gasteiger charge is 2.31. The quantitative estimate of drug-likeness (QED) is 0.714. The Bertz CT molecular complexity index is 153. The first kappa shape index (κ1) is 11.0. The van der Waals surface area contributed by atoms with E-state index in [0.717, 1.165) is 32.2 Å². The molecule has 0 aromatic rings. The maximum absolute atomic E-state index is 5.04. The Kier molecular flexibility index (Phi) is 3.71. The summed E-state index contributed by atoms with van der Waals surface area (Å²) >= 11 is 0. The molecule has 1 atom stereocenters. The largest absolute Gasteiger partial charge is 0.383 e. The minimum atomic E-state index is 0.412. The summed E-state index contributed by atoms with van der Waals surface area (Å²) < 4.78 is 5.04. The third-order valence-corrected chi connectivity index (χ3v) is 2.79. The Hall–Kier alpha value is -0.120. The maximum Gasteiger partial charge on any atom is 0.0603 e. The summed E-state index contributed by atoms with van der Waals surface area (Å²) in [6, 6.07) is 0. The topological polar surface area (TPSA) is 24.5 Å². The Morgan fingerprint density at radius 3 is 2.62 bits per heavy atom.